The number of nitrogens with two attached hydrogens (primary N) is 1. The van der Waals surface area contributed by atoms with Crippen molar-refractivity contribution in [2.75, 3.05) is 13.1 Å². The molecule has 1 fully saturated rings. The third-order valence-electron chi connectivity index (χ3n) is 4.03. The van der Waals surface area contributed by atoms with E-state index in [2.05, 4.69) is 0 Å². The van der Waals surface area contributed by atoms with Crippen molar-refractivity contribution in [2.45, 2.75) is 38.1 Å². The molecule has 0 aromatic carbocycles. The summed E-state index contributed by atoms with van der Waals surface area (Å²) in [6.45, 7) is 1.49. The number of carboxylic acid groups (broad SMARTS) is 1. The quantitative estimate of drug-likeness (QED) is 0.743. The summed E-state index contributed by atoms with van der Waals surface area (Å²) >= 11 is 0. The third-order valence-corrected chi connectivity index (χ3v) is 4.03. The summed E-state index contributed by atoms with van der Waals surface area (Å²) in [6.07, 6.45) is 7.37. The molecule has 5 heteroatoms. The summed E-state index contributed by atoms with van der Waals surface area (Å²) in [5, 5.41) is 8.72. The molecule has 1 heterocycles. The van der Waals surface area contributed by atoms with Crippen LogP contribution in [0.1, 0.15) is 32.1 Å². The van der Waals surface area contributed by atoms with E-state index in [1.807, 2.05) is 17.1 Å². The summed E-state index contributed by atoms with van der Waals surface area (Å²) in [5.74, 6) is -0.349. The first-order valence-corrected chi connectivity index (χ1v) is 7.00. The summed E-state index contributed by atoms with van der Waals surface area (Å²) in [7, 11) is 0. The zero-order valence-corrected chi connectivity index (χ0v) is 11.1. The minimum atomic E-state index is -0.756. The van der Waals surface area contributed by atoms with E-state index in [0.29, 0.717) is 25.3 Å². The number of rotatable bonds is 4. The van der Waals surface area contributed by atoms with Gasteiger partial charge in [-0.3, -0.25) is 9.59 Å². The first-order chi connectivity index (χ1) is 9.06. The Morgan fingerprint density at radius 1 is 1.37 bits per heavy atom. The maximum absolute atomic E-state index is 12.3. The van der Waals surface area contributed by atoms with Gasteiger partial charge in [0.25, 0.3) is 0 Å². The van der Waals surface area contributed by atoms with Crippen LogP contribution in [-0.2, 0) is 9.59 Å². The summed E-state index contributed by atoms with van der Waals surface area (Å²) in [6, 6.07) is 0.00143. The molecule has 0 spiro atoms. The van der Waals surface area contributed by atoms with Crippen LogP contribution < -0.4 is 5.73 Å². The van der Waals surface area contributed by atoms with Crippen LogP contribution in [0.15, 0.2) is 12.2 Å². The minimum absolute atomic E-state index is 0.00143. The lowest BCUT2D eigenvalue weighted by Crippen LogP contribution is -2.42. The van der Waals surface area contributed by atoms with Gasteiger partial charge < -0.3 is 15.7 Å². The largest absolute Gasteiger partial charge is 0.481 e. The highest BCUT2D eigenvalue weighted by Crippen LogP contribution is 2.25. The van der Waals surface area contributed by atoms with Crippen molar-refractivity contribution in [3.8, 4) is 0 Å². The van der Waals surface area contributed by atoms with Gasteiger partial charge >= 0.3 is 5.97 Å². The van der Waals surface area contributed by atoms with Gasteiger partial charge in [0.1, 0.15) is 0 Å². The average Bonchev–Trinajstić information content (AvgIpc) is 2.82. The van der Waals surface area contributed by atoms with E-state index < -0.39 is 5.97 Å². The third kappa shape index (κ3) is 3.80. The Bertz CT molecular complexity index is 381. The second kappa shape index (κ2) is 6.19. The van der Waals surface area contributed by atoms with Gasteiger partial charge in [-0.1, -0.05) is 12.2 Å². The van der Waals surface area contributed by atoms with E-state index in [1.165, 1.54) is 0 Å². The van der Waals surface area contributed by atoms with Crippen LogP contribution in [0.2, 0.25) is 0 Å². The van der Waals surface area contributed by atoms with Crippen LogP contribution in [0.25, 0.3) is 0 Å². The van der Waals surface area contributed by atoms with E-state index in [4.69, 9.17) is 10.8 Å². The number of aliphatic carboxylic acids is 1. The van der Waals surface area contributed by atoms with Gasteiger partial charge in [0.2, 0.25) is 5.91 Å². The molecule has 0 aromatic rings. The molecule has 0 bridgehead atoms. The van der Waals surface area contributed by atoms with Gasteiger partial charge in [-0.05, 0) is 31.6 Å². The van der Waals surface area contributed by atoms with Gasteiger partial charge in [0.05, 0.1) is 5.92 Å². The topological polar surface area (TPSA) is 83.6 Å². The molecule has 3 atom stereocenters. The second-order valence-corrected chi connectivity index (χ2v) is 5.62. The van der Waals surface area contributed by atoms with Crippen molar-refractivity contribution in [3.05, 3.63) is 12.2 Å². The molecule has 2 rings (SSSR count). The summed E-state index contributed by atoms with van der Waals surface area (Å²) in [5.41, 5.74) is 5.78. The predicted molar refractivity (Wildman–Crippen MR) is 71.4 cm³/mol. The van der Waals surface area contributed by atoms with Crippen molar-refractivity contribution in [2.24, 2.45) is 17.6 Å². The number of amides is 1. The lowest BCUT2D eigenvalue weighted by atomic mass is 9.92. The number of carboxylic acids is 1. The Hall–Kier alpha value is -1.36. The maximum Gasteiger partial charge on any atom is 0.303 e. The number of hydrogen-bond donors (Lipinski definition) is 2. The molecular weight excluding hydrogens is 244 g/mol. The van der Waals surface area contributed by atoms with Gasteiger partial charge in [0.15, 0.2) is 0 Å². The van der Waals surface area contributed by atoms with Crippen LogP contribution in [0, 0.1) is 11.8 Å². The Morgan fingerprint density at radius 2 is 2.16 bits per heavy atom. The van der Waals surface area contributed by atoms with Crippen LogP contribution in [0.4, 0.5) is 0 Å². The van der Waals surface area contributed by atoms with E-state index in [9.17, 15) is 9.59 Å². The maximum atomic E-state index is 12.3. The minimum Gasteiger partial charge on any atom is -0.481 e. The summed E-state index contributed by atoms with van der Waals surface area (Å²) < 4.78 is 0. The number of piperidine rings is 1. The fourth-order valence-corrected chi connectivity index (χ4v) is 2.97. The van der Waals surface area contributed by atoms with Gasteiger partial charge in [-0.2, -0.15) is 0 Å². The first kappa shape index (κ1) is 14.1. The first-order valence-electron chi connectivity index (χ1n) is 7.00. The molecular formula is C14H22N2O3. The highest BCUT2D eigenvalue weighted by molar-refractivity contribution is 5.81. The summed E-state index contributed by atoms with van der Waals surface area (Å²) in [4.78, 5) is 24.8. The Labute approximate surface area is 113 Å². The monoisotopic (exact) mass is 266 g/mol. The molecule has 1 saturated heterocycles. The van der Waals surface area contributed by atoms with E-state index in [-0.39, 0.29) is 24.3 Å². The van der Waals surface area contributed by atoms with Crippen molar-refractivity contribution >= 4 is 11.9 Å². The van der Waals surface area contributed by atoms with E-state index in [1.54, 1.807) is 0 Å². The second-order valence-electron chi connectivity index (χ2n) is 5.62. The lowest BCUT2D eigenvalue weighted by molar-refractivity contribution is -0.137. The molecule has 2 aliphatic rings. The molecule has 1 aliphatic carbocycles. The molecule has 106 valence electrons. The number of likely N-dealkylation sites (tertiary alicyclic amines) is 1. The normalized spacial score (nSPS) is 30.6. The molecule has 3 unspecified atom stereocenters. The molecule has 1 aliphatic heterocycles. The van der Waals surface area contributed by atoms with Crippen LogP contribution in [-0.4, -0.2) is 41.0 Å². The van der Waals surface area contributed by atoms with Crippen molar-refractivity contribution in [1.29, 1.82) is 0 Å². The smallest absolute Gasteiger partial charge is 0.303 e. The van der Waals surface area contributed by atoms with Gasteiger partial charge in [-0.25, -0.2) is 0 Å². The predicted octanol–water partition coefficient (Wildman–Crippen LogP) is 0.993. The molecule has 0 saturated carbocycles. The van der Waals surface area contributed by atoms with Crippen molar-refractivity contribution in [3.63, 3.8) is 0 Å². The Kier molecular flexibility index (Phi) is 4.58. The highest BCUT2D eigenvalue weighted by atomic mass is 16.4. The van der Waals surface area contributed by atoms with Crippen molar-refractivity contribution in [1.82, 2.24) is 4.90 Å². The zero-order valence-electron chi connectivity index (χ0n) is 11.1. The fourth-order valence-electron chi connectivity index (χ4n) is 2.97. The molecule has 1 amide bonds. The molecule has 0 aromatic heterocycles. The van der Waals surface area contributed by atoms with Crippen molar-refractivity contribution < 1.29 is 14.7 Å². The van der Waals surface area contributed by atoms with Crippen LogP contribution in [0.5, 0.6) is 0 Å². The fraction of sp³-hybridized carbons (Fsp3) is 0.714. The van der Waals surface area contributed by atoms with E-state index >= 15 is 0 Å². The molecule has 5 nitrogen and oxygen atoms in total. The Morgan fingerprint density at radius 3 is 2.79 bits per heavy atom. The molecule has 0 radical (unpaired) electrons. The number of carbonyl (C=O) groups excluding carboxylic acids is 1. The SMILES string of the molecule is NC1C=CC(C(=O)N2CCCC(CCC(=O)O)C2)C1. The lowest BCUT2D eigenvalue weighted by Gasteiger charge is -2.34. The standard InChI is InChI=1S/C14H22N2O3/c15-12-5-4-11(8-12)14(19)16-7-1-2-10(9-16)3-6-13(17)18/h4-5,10-12H,1-3,6-9,15H2,(H,17,18). The van der Waals surface area contributed by atoms with Gasteiger partial charge in [-0.15, -0.1) is 0 Å². The molecule has 19 heavy (non-hydrogen) atoms. The number of hydrogen-bond acceptors (Lipinski definition) is 3. The van der Waals surface area contributed by atoms with Crippen LogP contribution >= 0.6 is 0 Å². The van der Waals surface area contributed by atoms with Crippen LogP contribution in [0.3, 0.4) is 0 Å². The van der Waals surface area contributed by atoms with Gasteiger partial charge in [0, 0.05) is 25.6 Å². The zero-order chi connectivity index (χ0) is 13.8. The highest BCUT2D eigenvalue weighted by Gasteiger charge is 2.30. The Balaban J connectivity index is 1.85. The molecule has 3 N–H and O–H groups in total. The number of nitrogens with zero attached hydrogens (tertiary/aromatic N) is 1. The number of carbonyl (C=O) groups is 2. The average molecular weight is 266 g/mol. The van der Waals surface area contributed by atoms with E-state index in [0.717, 1.165) is 19.4 Å².